The van der Waals surface area contributed by atoms with Crippen molar-refractivity contribution in [3.63, 3.8) is 0 Å². The predicted molar refractivity (Wildman–Crippen MR) is 40.0 cm³/mol. The third-order valence-electron chi connectivity index (χ3n) is 1.10. The summed E-state index contributed by atoms with van der Waals surface area (Å²) in [6.45, 7) is 0.0170. The van der Waals surface area contributed by atoms with Crippen molar-refractivity contribution in [2.24, 2.45) is 0 Å². The zero-order valence-electron chi connectivity index (χ0n) is 7.34. The van der Waals surface area contributed by atoms with Gasteiger partial charge in [-0.1, -0.05) is 0 Å². The van der Waals surface area contributed by atoms with Crippen molar-refractivity contribution in [3.05, 3.63) is 0 Å². The van der Waals surface area contributed by atoms with Crippen LogP contribution in [0.1, 0.15) is 12.8 Å². The van der Waals surface area contributed by atoms with Crippen LogP contribution in [0.5, 0.6) is 0 Å². The van der Waals surface area contributed by atoms with E-state index in [1.165, 1.54) is 0 Å². The van der Waals surface area contributed by atoms with Gasteiger partial charge in [0.1, 0.15) is 6.61 Å². The molecule has 1 atom stereocenters. The minimum Gasteiger partial charge on any atom is -0.566 e. The molecule has 0 saturated carbocycles. The average molecular weight is 237 g/mol. The molecule has 9 heteroatoms. The van der Waals surface area contributed by atoms with Crippen molar-refractivity contribution in [2.75, 3.05) is 6.61 Å². The van der Waals surface area contributed by atoms with Gasteiger partial charge in [-0.15, -0.1) is 4.52 Å². The van der Waals surface area contributed by atoms with Crippen LogP contribution in [0.3, 0.4) is 0 Å². The van der Waals surface area contributed by atoms with Crippen LogP contribution in [-0.4, -0.2) is 29.8 Å². The molecule has 0 saturated heterocycles. The van der Waals surface area contributed by atoms with Crippen LogP contribution < -0.4 is 34.5 Å². The standard InChI is InChI=1S/C4H11O6PSi.Na/c5-11(6)10-3-1-2-4-12(7,8)9;/h7-9H,1-4H2;/q;+1. The molecule has 1 unspecified atom stereocenters. The molecule has 0 radical (unpaired) electrons. The summed E-state index contributed by atoms with van der Waals surface area (Å²) in [7, 11) is -6.76. The molecule has 0 aromatic rings. The molecular formula is C4H11NaO6PSi+. The van der Waals surface area contributed by atoms with E-state index in [1.807, 2.05) is 0 Å². The maximum Gasteiger partial charge on any atom is 1.00 e. The van der Waals surface area contributed by atoms with E-state index < -0.39 is 17.1 Å². The minimum atomic E-state index is -3.94. The summed E-state index contributed by atoms with van der Waals surface area (Å²) in [6, 6.07) is -0.0913. The second kappa shape index (κ2) is 8.43. The van der Waals surface area contributed by atoms with Crippen LogP contribution in [-0.2, 0) is 9.09 Å². The van der Waals surface area contributed by atoms with E-state index in [4.69, 9.17) is 14.4 Å². The monoisotopic (exact) mass is 237 g/mol. The first-order valence-electron chi connectivity index (χ1n) is 3.36. The molecule has 6 nitrogen and oxygen atoms in total. The normalized spacial score (nSPS) is 12.2. The van der Waals surface area contributed by atoms with E-state index in [-0.39, 0.29) is 42.2 Å². The van der Waals surface area contributed by atoms with E-state index in [0.29, 0.717) is 12.8 Å². The van der Waals surface area contributed by atoms with Crippen molar-refractivity contribution in [2.45, 2.75) is 18.9 Å². The van der Waals surface area contributed by atoms with Crippen LogP contribution in [0.25, 0.3) is 0 Å². The molecule has 72 valence electrons. The Morgan fingerprint density at radius 3 is 2.23 bits per heavy atom. The largest absolute Gasteiger partial charge is 1.00 e. The van der Waals surface area contributed by atoms with Crippen molar-refractivity contribution >= 4 is 17.1 Å². The fourth-order valence-corrected chi connectivity index (χ4v) is 1.61. The summed E-state index contributed by atoms with van der Waals surface area (Å²) in [6.07, 6.45) is 0.707. The average Bonchev–Trinajstić information content (AvgIpc) is 1.83. The van der Waals surface area contributed by atoms with E-state index in [9.17, 15) is 9.46 Å². The first kappa shape index (κ1) is 16.5. The Bertz CT molecular complexity index is 150. The van der Waals surface area contributed by atoms with Crippen LogP contribution in [0.4, 0.5) is 0 Å². The first-order chi connectivity index (χ1) is 5.42. The van der Waals surface area contributed by atoms with Gasteiger partial charge < -0.3 is 19.3 Å². The topological polar surface area (TPSA) is 110 Å². The smallest absolute Gasteiger partial charge is 0.566 e. The van der Waals surface area contributed by atoms with Gasteiger partial charge in [-0.3, -0.25) is 0 Å². The third-order valence-corrected chi connectivity index (χ3v) is 2.52. The number of rotatable bonds is 6. The Labute approximate surface area is 100 Å². The molecule has 0 fully saturated rings. The van der Waals surface area contributed by atoms with Crippen LogP contribution >= 0.6 is 8.25 Å². The van der Waals surface area contributed by atoms with E-state index in [2.05, 4.69) is 4.52 Å². The Hall–Kier alpha value is 1.12. The molecular weight excluding hydrogens is 226 g/mol. The molecule has 13 heavy (non-hydrogen) atoms. The number of hydrogen-bond acceptors (Lipinski definition) is 6. The van der Waals surface area contributed by atoms with Crippen molar-refractivity contribution in [1.29, 1.82) is 0 Å². The molecule has 0 aliphatic rings. The summed E-state index contributed by atoms with van der Waals surface area (Å²) in [4.78, 5) is 35.4. The summed E-state index contributed by atoms with van der Waals surface area (Å²) in [5, 5.41) is 0. The molecule has 0 bridgehead atoms. The zero-order valence-corrected chi connectivity index (χ0v) is 11.2. The molecule has 0 rings (SSSR count). The van der Waals surface area contributed by atoms with E-state index in [0.717, 1.165) is 0 Å². The summed E-state index contributed by atoms with van der Waals surface area (Å²) in [5.41, 5.74) is 0. The molecule has 0 aromatic carbocycles. The molecule has 0 spiro atoms. The maximum atomic E-state index is 9.83. The van der Waals surface area contributed by atoms with Crippen molar-refractivity contribution in [1.82, 2.24) is 0 Å². The molecule has 0 aromatic heterocycles. The van der Waals surface area contributed by atoms with E-state index >= 15 is 0 Å². The number of hydrogen-bond donors (Lipinski definition) is 3. The second-order valence-corrected chi connectivity index (χ2v) is 5.04. The molecule has 0 heterocycles. The summed E-state index contributed by atoms with van der Waals surface area (Å²) < 4.78 is 14.0. The zero-order chi connectivity index (χ0) is 9.61. The van der Waals surface area contributed by atoms with E-state index in [1.54, 1.807) is 0 Å². The quantitative estimate of drug-likeness (QED) is 0.245. The van der Waals surface area contributed by atoms with Gasteiger partial charge in [0, 0.05) is 6.04 Å². The van der Waals surface area contributed by atoms with Crippen LogP contribution in [0.2, 0.25) is 6.04 Å². The van der Waals surface area contributed by atoms with Gasteiger partial charge in [-0.25, -0.2) is 0 Å². The van der Waals surface area contributed by atoms with Crippen molar-refractivity contribution < 1.29 is 57.9 Å². The molecule has 0 amide bonds. The fraction of sp³-hybridized carbons (Fsp3) is 1.00. The van der Waals surface area contributed by atoms with Crippen LogP contribution in [0.15, 0.2) is 0 Å². The summed E-state index contributed by atoms with van der Waals surface area (Å²) in [5.74, 6) is 0. The van der Waals surface area contributed by atoms with Gasteiger partial charge in [0.05, 0.1) is 0 Å². The Balaban J connectivity index is 0. The van der Waals surface area contributed by atoms with Gasteiger partial charge in [0.25, 0.3) is 0 Å². The molecule has 0 aliphatic carbocycles. The van der Waals surface area contributed by atoms with Gasteiger partial charge in [0.15, 0.2) is 0 Å². The van der Waals surface area contributed by atoms with Gasteiger partial charge in [-0.05, 0) is 17.4 Å². The van der Waals surface area contributed by atoms with Crippen molar-refractivity contribution in [3.8, 4) is 0 Å². The fourth-order valence-electron chi connectivity index (χ4n) is 0.603. The molecule has 3 N–H and O–H groups in total. The second-order valence-electron chi connectivity index (χ2n) is 2.29. The SMILES string of the molecule is O=[P+]([O-])OCCCC[Si](O)(O)O.[Na+]. The Morgan fingerprint density at radius 1 is 1.31 bits per heavy atom. The summed E-state index contributed by atoms with van der Waals surface area (Å²) >= 11 is 0. The maximum absolute atomic E-state index is 9.83. The van der Waals surface area contributed by atoms with Gasteiger partial charge in [0.2, 0.25) is 0 Å². The van der Waals surface area contributed by atoms with Gasteiger partial charge in [-0.2, -0.15) is 0 Å². The Morgan fingerprint density at radius 2 is 1.85 bits per heavy atom. The Kier molecular flexibility index (Phi) is 10.7. The number of unbranched alkanes of at least 4 members (excludes halogenated alkanes) is 1. The minimum absolute atomic E-state index is 0. The predicted octanol–water partition coefficient (Wildman–Crippen LogP) is -4.28. The first-order valence-corrected chi connectivity index (χ1v) is 6.50. The molecule has 0 aliphatic heterocycles. The third kappa shape index (κ3) is 15.8. The van der Waals surface area contributed by atoms with Gasteiger partial charge >= 0.3 is 46.6 Å². The van der Waals surface area contributed by atoms with Crippen LogP contribution in [0, 0.1) is 0 Å².